The number of rotatable bonds is 7. The summed E-state index contributed by atoms with van der Waals surface area (Å²) in [5.74, 6) is -0.207. The van der Waals surface area contributed by atoms with Gasteiger partial charge in [0.05, 0.1) is 18.6 Å². The fourth-order valence-corrected chi connectivity index (χ4v) is 2.57. The summed E-state index contributed by atoms with van der Waals surface area (Å²) in [5, 5.41) is 3.74. The average Bonchev–Trinajstić information content (AvgIpc) is 2.76. The van der Waals surface area contributed by atoms with Crippen molar-refractivity contribution in [2.24, 2.45) is 28.8 Å². The second kappa shape index (κ2) is 7.48. The fourth-order valence-electron chi connectivity index (χ4n) is 2.57. The standard InChI is InChI=1S/C14H24FN3O2/c1-8(2)10(7-15)5-12(17-18-16)13-6-11(9(3)4)14(19)20-13/h8-13H,5-7H2,1-4H3/t10-,11+,12+,13+/m1/s1. The van der Waals surface area contributed by atoms with Gasteiger partial charge in [-0.3, -0.25) is 9.18 Å². The molecule has 0 spiro atoms. The Morgan fingerprint density at radius 1 is 1.45 bits per heavy atom. The van der Waals surface area contributed by atoms with E-state index in [9.17, 15) is 9.18 Å². The molecule has 20 heavy (non-hydrogen) atoms. The first-order valence-electron chi connectivity index (χ1n) is 7.21. The van der Waals surface area contributed by atoms with Gasteiger partial charge in [0.2, 0.25) is 0 Å². The lowest BCUT2D eigenvalue weighted by Crippen LogP contribution is -2.29. The highest BCUT2D eigenvalue weighted by atomic mass is 19.1. The van der Waals surface area contributed by atoms with E-state index in [1.807, 2.05) is 27.7 Å². The molecule has 0 bridgehead atoms. The van der Waals surface area contributed by atoms with Crippen LogP contribution in [-0.4, -0.2) is 24.8 Å². The van der Waals surface area contributed by atoms with Crippen LogP contribution in [0.25, 0.3) is 10.4 Å². The average molecular weight is 285 g/mol. The van der Waals surface area contributed by atoms with Crippen molar-refractivity contribution in [2.45, 2.75) is 52.7 Å². The molecule has 6 heteroatoms. The van der Waals surface area contributed by atoms with Crippen molar-refractivity contribution in [1.29, 1.82) is 0 Å². The number of esters is 1. The third kappa shape index (κ3) is 4.10. The molecule has 1 heterocycles. The van der Waals surface area contributed by atoms with Crippen molar-refractivity contribution >= 4 is 5.97 Å². The molecular formula is C14H24FN3O2. The number of nitrogens with zero attached hydrogens (tertiary/aromatic N) is 3. The van der Waals surface area contributed by atoms with E-state index in [-0.39, 0.29) is 29.6 Å². The lowest BCUT2D eigenvalue weighted by Gasteiger charge is -2.24. The van der Waals surface area contributed by atoms with Gasteiger partial charge < -0.3 is 4.74 Å². The summed E-state index contributed by atoms with van der Waals surface area (Å²) in [6, 6.07) is -0.476. The van der Waals surface area contributed by atoms with Gasteiger partial charge in [-0.05, 0) is 36.1 Å². The molecule has 1 aliphatic rings. The van der Waals surface area contributed by atoms with E-state index in [4.69, 9.17) is 10.3 Å². The summed E-state index contributed by atoms with van der Waals surface area (Å²) >= 11 is 0. The minimum Gasteiger partial charge on any atom is -0.462 e. The van der Waals surface area contributed by atoms with Gasteiger partial charge in [-0.15, -0.1) is 0 Å². The van der Waals surface area contributed by atoms with E-state index in [1.54, 1.807) is 0 Å². The summed E-state index contributed by atoms with van der Waals surface area (Å²) in [7, 11) is 0. The normalized spacial score (nSPS) is 25.4. The van der Waals surface area contributed by atoms with E-state index < -0.39 is 18.8 Å². The Kier molecular flexibility index (Phi) is 6.27. The molecule has 1 aliphatic heterocycles. The van der Waals surface area contributed by atoms with Gasteiger partial charge in [0.15, 0.2) is 0 Å². The van der Waals surface area contributed by atoms with E-state index >= 15 is 0 Å². The molecule has 0 N–H and O–H groups in total. The molecule has 0 aromatic rings. The summed E-state index contributed by atoms with van der Waals surface area (Å²) in [4.78, 5) is 14.6. The SMILES string of the molecule is CC(C)[C@@H](CF)C[C@H](N=[N+]=[N-])[C@@H]1C[C@@H](C(C)C)C(=O)O1. The van der Waals surface area contributed by atoms with Crippen LogP contribution in [0.4, 0.5) is 4.39 Å². The van der Waals surface area contributed by atoms with E-state index in [0.717, 1.165) is 0 Å². The predicted octanol–water partition coefficient (Wildman–Crippen LogP) is 3.88. The summed E-state index contributed by atoms with van der Waals surface area (Å²) in [6.45, 7) is 7.36. The van der Waals surface area contributed by atoms with Crippen molar-refractivity contribution in [1.82, 2.24) is 0 Å². The molecule has 0 aromatic carbocycles. The van der Waals surface area contributed by atoms with Crippen molar-refractivity contribution < 1.29 is 13.9 Å². The molecular weight excluding hydrogens is 261 g/mol. The van der Waals surface area contributed by atoms with E-state index in [2.05, 4.69) is 10.0 Å². The Morgan fingerprint density at radius 3 is 2.50 bits per heavy atom. The second-order valence-corrected chi connectivity index (χ2v) is 6.23. The first-order valence-corrected chi connectivity index (χ1v) is 7.21. The van der Waals surface area contributed by atoms with Crippen LogP contribution in [-0.2, 0) is 9.53 Å². The fraction of sp³-hybridized carbons (Fsp3) is 0.929. The quantitative estimate of drug-likeness (QED) is 0.308. The van der Waals surface area contributed by atoms with Crippen LogP contribution in [0.3, 0.4) is 0 Å². The van der Waals surface area contributed by atoms with Crippen LogP contribution in [0.1, 0.15) is 40.5 Å². The molecule has 0 radical (unpaired) electrons. The first kappa shape index (κ1) is 16.8. The van der Waals surface area contributed by atoms with E-state index in [1.165, 1.54) is 0 Å². The maximum atomic E-state index is 13.0. The van der Waals surface area contributed by atoms with Gasteiger partial charge in [-0.2, -0.15) is 0 Å². The molecule has 0 amide bonds. The zero-order chi connectivity index (χ0) is 15.3. The third-order valence-corrected chi connectivity index (χ3v) is 4.18. The van der Waals surface area contributed by atoms with Crippen molar-refractivity contribution in [3.8, 4) is 0 Å². The number of carbonyl (C=O) groups excluding carboxylic acids is 1. The number of alkyl halides is 1. The van der Waals surface area contributed by atoms with Crippen LogP contribution in [0, 0.1) is 23.7 Å². The van der Waals surface area contributed by atoms with Crippen LogP contribution in [0.5, 0.6) is 0 Å². The zero-order valence-corrected chi connectivity index (χ0v) is 12.6. The highest BCUT2D eigenvalue weighted by Gasteiger charge is 2.40. The van der Waals surface area contributed by atoms with E-state index in [0.29, 0.717) is 12.8 Å². The Hall–Kier alpha value is -1.29. The number of hydrogen-bond donors (Lipinski definition) is 0. The minimum absolute atomic E-state index is 0.153. The summed E-state index contributed by atoms with van der Waals surface area (Å²) in [6.07, 6.45) is 0.553. The second-order valence-electron chi connectivity index (χ2n) is 6.23. The highest BCUT2D eigenvalue weighted by Crippen LogP contribution is 2.33. The number of halogens is 1. The monoisotopic (exact) mass is 285 g/mol. The van der Waals surface area contributed by atoms with Crippen LogP contribution >= 0.6 is 0 Å². The Labute approximate surface area is 119 Å². The Bertz CT molecular complexity index is 381. The molecule has 1 fully saturated rings. The Morgan fingerprint density at radius 2 is 2.10 bits per heavy atom. The van der Waals surface area contributed by atoms with Gasteiger partial charge in [0.1, 0.15) is 6.10 Å². The number of ether oxygens (including phenoxy) is 1. The molecule has 0 aromatic heterocycles. The summed E-state index contributed by atoms with van der Waals surface area (Å²) in [5.41, 5.74) is 8.69. The number of hydrogen-bond acceptors (Lipinski definition) is 3. The van der Waals surface area contributed by atoms with Gasteiger partial charge in [-0.1, -0.05) is 32.8 Å². The van der Waals surface area contributed by atoms with Crippen LogP contribution in [0.2, 0.25) is 0 Å². The Balaban J connectivity index is 2.77. The topological polar surface area (TPSA) is 75.1 Å². The molecule has 4 atom stereocenters. The molecule has 0 unspecified atom stereocenters. The van der Waals surface area contributed by atoms with Gasteiger partial charge in [0.25, 0.3) is 0 Å². The van der Waals surface area contributed by atoms with Crippen molar-refractivity contribution in [3.05, 3.63) is 10.4 Å². The summed E-state index contributed by atoms with van der Waals surface area (Å²) < 4.78 is 18.4. The molecule has 0 saturated carbocycles. The maximum absolute atomic E-state index is 13.0. The lowest BCUT2D eigenvalue weighted by molar-refractivity contribution is -0.146. The molecule has 5 nitrogen and oxygen atoms in total. The highest BCUT2D eigenvalue weighted by molar-refractivity contribution is 5.75. The molecule has 1 saturated heterocycles. The van der Waals surface area contributed by atoms with Gasteiger partial charge in [0, 0.05) is 4.91 Å². The maximum Gasteiger partial charge on any atom is 0.309 e. The van der Waals surface area contributed by atoms with Crippen molar-refractivity contribution in [3.63, 3.8) is 0 Å². The molecule has 1 rings (SSSR count). The lowest BCUT2D eigenvalue weighted by atomic mass is 9.86. The van der Waals surface area contributed by atoms with Gasteiger partial charge in [-0.25, -0.2) is 0 Å². The first-order chi connectivity index (χ1) is 9.40. The number of azide groups is 1. The zero-order valence-electron chi connectivity index (χ0n) is 12.6. The smallest absolute Gasteiger partial charge is 0.309 e. The molecule has 0 aliphatic carbocycles. The third-order valence-electron chi connectivity index (χ3n) is 4.18. The largest absolute Gasteiger partial charge is 0.462 e. The number of cyclic esters (lactones) is 1. The van der Waals surface area contributed by atoms with Crippen LogP contribution < -0.4 is 0 Å². The van der Waals surface area contributed by atoms with Gasteiger partial charge >= 0.3 is 5.97 Å². The minimum atomic E-state index is -0.476. The predicted molar refractivity (Wildman–Crippen MR) is 74.7 cm³/mol. The molecule has 114 valence electrons. The van der Waals surface area contributed by atoms with Crippen LogP contribution in [0.15, 0.2) is 5.11 Å². The van der Waals surface area contributed by atoms with Crippen molar-refractivity contribution in [2.75, 3.05) is 6.67 Å². The number of carbonyl (C=O) groups is 1.